The molecule has 0 saturated carbocycles. The van der Waals surface area contributed by atoms with Crippen LogP contribution in [-0.4, -0.2) is 57.4 Å². The minimum atomic E-state index is -1.30. The topological polar surface area (TPSA) is 163 Å². The zero-order chi connectivity index (χ0) is 30.6. The number of aromatic amines is 1. The van der Waals surface area contributed by atoms with E-state index < -0.39 is 47.3 Å². The second kappa shape index (κ2) is 12.5. The lowest BCUT2D eigenvalue weighted by atomic mass is 10.1. The maximum absolute atomic E-state index is 13.3. The summed E-state index contributed by atoms with van der Waals surface area (Å²) in [5.74, 6) is -2.09. The highest BCUT2D eigenvalue weighted by atomic mass is 32.1. The van der Waals surface area contributed by atoms with Gasteiger partial charge in [-0.2, -0.15) is 0 Å². The number of nitrogens with zero attached hydrogens (tertiary/aromatic N) is 2. The number of aromatic nitrogens is 3. The van der Waals surface area contributed by atoms with E-state index in [1.54, 1.807) is 91.0 Å². The van der Waals surface area contributed by atoms with E-state index in [2.05, 4.69) is 9.97 Å². The van der Waals surface area contributed by atoms with Crippen molar-refractivity contribution < 1.29 is 33.3 Å². The molecular weight excluding hydrogens is 588 g/mol. The van der Waals surface area contributed by atoms with Crippen molar-refractivity contribution in [2.45, 2.75) is 24.5 Å². The van der Waals surface area contributed by atoms with Gasteiger partial charge in [0, 0.05) is 0 Å². The Kier molecular flexibility index (Phi) is 8.12. The third kappa shape index (κ3) is 5.91. The van der Waals surface area contributed by atoms with E-state index in [4.69, 9.17) is 24.4 Å². The summed E-state index contributed by atoms with van der Waals surface area (Å²) in [4.78, 5) is 58.0. The third-order valence-electron chi connectivity index (χ3n) is 6.87. The summed E-state index contributed by atoms with van der Waals surface area (Å²) in [7, 11) is 0. The van der Waals surface area contributed by atoms with Crippen molar-refractivity contribution in [3.05, 3.63) is 129 Å². The van der Waals surface area contributed by atoms with E-state index in [1.807, 2.05) is 0 Å². The monoisotopic (exact) mass is 612 g/mol. The molecule has 13 heteroatoms. The lowest BCUT2D eigenvalue weighted by Gasteiger charge is -2.25. The number of hydrogen-bond donors (Lipinski definition) is 2. The standard InChI is InChI=1S/C31H24N4O8S/c32-25-24-26(34-31(39)44-24)35(17-33-25)27-23(43-30(38)20-14-8-3-9-15-20)22(42-29(37)19-12-6-2-7-13-19)21(41-27)16-40-28(36)18-10-4-1-5-11-18/h1-15,17,21-23,27,32H,16H2,(H,34,39)/t21-,22-,23-,27-/m1/s1. The van der Waals surface area contributed by atoms with Gasteiger partial charge < -0.3 is 18.9 Å². The molecule has 1 aliphatic rings. The van der Waals surface area contributed by atoms with Gasteiger partial charge in [0.15, 0.2) is 23.9 Å². The van der Waals surface area contributed by atoms with Crippen LogP contribution in [-0.2, 0) is 18.9 Å². The van der Waals surface area contributed by atoms with Crippen molar-refractivity contribution in [2.24, 2.45) is 0 Å². The van der Waals surface area contributed by atoms with Crippen LogP contribution in [0.3, 0.4) is 0 Å². The summed E-state index contributed by atoms with van der Waals surface area (Å²) >= 11 is 0.785. The molecule has 12 nitrogen and oxygen atoms in total. The van der Waals surface area contributed by atoms with E-state index in [0.717, 1.165) is 11.3 Å². The van der Waals surface area contributed by atoms with Gasteiger partial charge in [-0.25, -0.2) is 19.4 Å². The number of fused-ring (bicyclic) bond motifs is 1. The Morgan fingerprint density at radius 2 is 1.34 bits per heavy atom. The maximum Gasteiger partial charge on any atom is 0.338 e. The number of ether oxygens (including phenoxy) is 4. The van der Waals surface area contributed by atoms with Crippen molar-refractivity contribution in [3.63, 3.8) is 0 Å². The molecule has 222 valence electrons. The normalized spacial score (nSPS) is 19.4. The van der Waals surface area contributed by atoms with Crippen molar-refractivity contribution in [3.8, 4) is 0 Å². The molecule has 0 spiro atoms. The average Bonchev–Trinajstić information content (AvgIpc) is 3.61. The molecule has 0 unspecified atom stereocenters. The Morgan fingerprint density at radius 1 is 0.818 bits per heavy atom. The number of hydrogen-bond acceptors (Lipinski definition) is 11. The van der Waals surface area contributed by atoms with Gasteiger partial charge >= 0.3 is 22.8 Å². The van der Waals surface area contributed by atoms with Gasteiger partial charge in [0.1, 0.15) is 29.4 Å². The minimum Gasteiger partial charge on any atom is -0.459 e. The second-order valence-electron chi connectivity index (χ2n) is 9.69. The molecule has 4 atom stereocenters. The number of carbonyl (C=O) groups excluding carboxylic acids is 3. The number of rotatable bonds is 8. The molecule has 1 aliphatic heterocycles. The highest BCUT2D eigenvalue weighted by molar-refractivity contribution is 7.16. The summed E-state index contributed by atoms with van der Waals surface area (Å²) in [6, 6.07) is 24.7. The van der Waals surface area contributed by atoms with E-state index in [-0.39, 0.29) is 33.6 Å². The van der Waals surface area contributed by atoms with Crippen LogP contribution in [0.5, 0.6) is 0 Å². The SMILES string of the molecule is N=c1ncn([C@@H]2O[C@H](COC(=O)c3ccccc3)[C@@H](OC(=O)c3ccccc3)[C@H]2OC(=O)c2ccccc2)c2[nH]c(=O)sc12. The molecule has 3 aromatic carbocycles. The molecule has 1 saturated heterocycles. The molecule has 0 aliphatic carbocycles. The van der Waals surface area contributed by atoms with Crippen LogP contribution in [0.4, 0.5) is 0 Å². The van der Waals surface area contributed by atoms with Gasteiger partial charge in [0.25, 0.3) is 0 Å². The number of carbonyl (C=O) groups is 3. The van der Waals surface area contributed by atoms with Gasteiger partial charge in [-0.15, -0.1) is 0 Å². The van der Waals surface area contributed by atoms with Crippen molar-refractivity contribution in [1.82, 2.24) is 14.5 Å². The molecule has 44 heavy (non-hydrogen) atoms. The van der Waals surface area contributed by atoms with E-state index in [9.17, 15) is 19.2 Å². The fraction of sp³-hybridized carbons (Fsp3) is 0.161. The summed E-state index contributed by atoms with van der Waals surface area (Å²) in [6.07, 6.45) is -3.64. The first kappa shape index (κ1) is 28.7. The molecule has 6 rings (SSSR count). The van der Waals surface area contributed by atoms with E-state index >= 15 is 0 Å². The van der Waals surface area contributed by atoms with Crippen LogP contribution in [0.1, 0.15) is 37.3 Å². The van der Waals surface area contributed by atoms with Gasteiger partial charge in [-0.3, -0.25) is 19.8 Å². The molecule has 0 amide bonds. The molecule has 0 radical (unpaired) electrons. The third-order valence-corrected chi connectivity index (χ3v) is 7.75. The Labute approximate surface area is 252 Å². The number of benzene rings is 3. The molecule has 0 bridgehead atoms. The van der Waals surface area contributed by atoms with Crippen LogP contribution < -0.4 is 10.4 Å². The molecule has 2 N–H and O–H groups in total. The highest BCUT2D eigenvalue weighted by Gasteiger charge is 2.51. The highest BCUT2D eigenvalue weighted by Crippen LogP contribution is 2.36. The smallest absolute Gasteiger partial charge is 0.338 e. The molecule has 3 heterocycles. The maximum atomic E-state index is 13.3. The largest absolute Gasteiger partial charge is 0.459 e. The first-order valence-corrected chi connectivity index (χ1v) is 14.2. The van der Waals surface area contributed by atoms with Gasteiger partial charge in [-0.05, 0) is 36.4 Å². The lowest BCUT2D eigenvalue weighted by Crippen LogP contribution is -2.41. The fourth-order valence-corrected chi connectivity index (χ4v) is 5.51. The molecule has 1 fully saturated rings. The quantitative estimate of drug-likeness (QED) is 0.197. The van der Waals surface area contributed by atoms with Crippen molar-refractivity contribution in [2.75, 3.05) is 6.61 Å². The van der Waals surface area contributed by atoms with Gasteiger partial charge in [0.05, 0.1) is 16.7 Å². The second-order valence-corrected chi connectivity index (χ2v) is 10.7. The molecule has 2 aromatic heterocycles. The zero-order valence-electron chi connectivity index (χ0n) is 22.8. The van der Waals surface area contributed by atoms with Gasteiger partial charge in [-0.1, -0.05) is 65.9 Å². The van der Waals surface area contributed by atoms with Crippen LogP contribution in [0.15, 0.2) is 102 Å². The summed E-state index contributed by atoms with van der Waals surface area (Å²) in [5, 5.41) is 8.16. The molecular formula is C31H24N4O8S. The fourth-order valence-electron chi connectivity index (χ4n) is 4.77. The summed E-state index contributed by atoms with van der Waals surface area (Å²) in [6.45, 7) is -0.371. The zero-order valence-corrected chi connectivity index (χ0v) is 23.6. The van der Waals surface area contributed by atoms with E-state index in [0.29, 0.717) is 5.56 Å². The predicted octanol–water partition coefficient (Wildman–Crippen LogP) is 3.47. The Bertz CT molecular complexity index is 1920. The number of esters is 3. The van der Waals surface area contributed by atoms with Crippen molar-refractivity contribution >= 4 is 39.6 Å². The average molecular weight is 613 g/mol. The Morgan fingerprint density at radius 3 is 1.91 bits per heavy atom. The summed E-state index contributed by atoms with van der Waals surface area (Å²) in [5.41, 5.74) is 0.823. The first-order valence-electron chi connectivity index (χ1n) is 13.4. The Hall–Kier alpha value is -5.40. The predicted molar refractivity (Wildman–Crippen MR) is 156 cm³/mol. The van der Waals surface area contributed by atoms with Crippen LogP contribution in [0.25, 0.3) is 10.3 Å². The lowest BCUT2D eigenvalue weighted by molar-refractivity contribution is -0.0610. The van der Waals surface area contributed by atoms with Crippen LogP contribution in [0.2, 0.25) is 0 Å². The number of H-pyrrole nitrogens is 1. The molecule has 5 aromatic rings. The minimum absolute atomic E-state index is 0.143. The van der Waals surface area contributed by atoms with E-state index in [1.165, 1.54) is 10.9 Å². The number of thiazole rings is 1. The van der Waals surface area contributed by atoms with Crippen LogP contribution >= 0.6 is 11.3 Å². The van der Waals surface area contributed by atoms with Crippen molar-refractivity contribution in [1.29, 1.82) is 5.41 Å². The van der Waals surface area contributed by atoms with Crippen LogP contribution in [0, 0.1) is 5.41 Å². The first-order chi connectivity index (χ1) is 21.4. The Balaban J connectivity index is 1.40. The summed E-state index contributed by atoms with van der Waals surface area (Å²) < 4.78 is 25.4. The number of nitrogens with one attached hydrogen (secondary N) is 2. The van der Waals surface area contributed by atoms with Gasteiger partial charge in [0.2, 0.25) is 0 Å².